The molecule has 9 nitrogen and oxygen atoms in total. The number of phosphoric acid groups is 1. The molecule has 0 aliphatic rings. The number of rotatable bonds is 62. The van der Waals surface area contributed by atoms with Crippen molar-refractivity contribution in [1.82, 2.24) is 5.32 Å². The van der Waals surface area contributed by atoms with Gasteiger partial charge in [-0.25, -0.2) is 0 Å². The topological polar surface area (TPSA) is 114 Å². The van der Waals surface area contributed by atoms with E-state index in [1.165, 1.54) is 238 Å². The molecule has 0 saturated heterocycles. The van der Waals surface area contributed by atoms with E-state index in [1.807, 2.05) is 33.3 Å². The number of ether oxygens (including phenoxy) is 1. The van der Waals surface area contributed by atoms with E-state index in [9.17, 15) is 19.0 Å². The number of amides is 1. The van der Waals surface area contributed by atoms with Gasteiger partial charge in [-0.15, -0.1) is 0 Å². The third-order valence-electron chi connectivity index (χ3n) is 15.4. The second-order valence-corrected chi connectivity index (χ2v) is 25.7. The highest BCUT2D eigenvalue weighted by Gasteiger charge is 2.27. The van der Waals surface area contributed by atoms with Gasteiger partial charge in [0.15, 0.2) is 0 Å². The Morgan fingerprint density at radius 1 is 0.442 bits per heavy atom. The SMILES string of the molecule is CCCCCCCC/C=C\CCCCCC(=O)OC(/C=C\CCCCCCCCCCCCC)C(COP(=O)([O-])OCC[N+](C)(C)C)NC(=O)CCCCCCCCCCCCCCCCCCCCCCCCCCC. The molecule has 0 heterocycles. The van der Waals surface area contributed by atoms with Crippen molar-refractivity contribution < 1.29 is 37.3 Å². The van der Waals surface area contributed by atoms with Crippen LogP contribution in [0.5, 0.6) is 0 Å². The molecule has 0 aromatic heterocycles. The molecule has 1 amide bonds. The normalized spacial score (nSPS) is 13.7. The Labute approximate surface area is 479 Å². The molecule has 3 atom stereocenters. The van der Waals surface area contributed by atoms with Crippen molar-refractivity contribution in [3.8, 4) is 0 Å². The van der Waals surface area contributed by atoms with Crippen molar-refractivity contribution in [3.63, 3.8) is 0 Å². The minimum Gasteiger partial charge on any atom is -0.756 e. The predicted octanol–water partition coefficient (Wildman–Crippen LogP) is 20.3. The number of unbranched alkanes of at least 4 members (excludes halogenated alkanes) is 44. The fraction of sp³-hybridized carbons (Fsp3) is 0.910. The van der Waals surface area contributed by atoms with Crippen LogP contribution in [0.2, 0.25) is 0 Å². The lowest BCUT2D eigenvalue weighted by atomic mass is 10.0. The summed E-state index contributed by atoms with van der Waals surface area (Å²) >= 11 is 0. The molecule has 0 spiro atoms. The van der Waals surface area contributed by atoms with Crippen molar-refractivity contribution in [1.29, 1.82) is 0 Å². The molecule has 0 aliphatic heterocycles. The highest BCUT2D eigenvalue weighted by Crippen LogP contribution is 2.38. The molecule has 3 unspecified atom stereocenters. The number of hydrogen-bond acceptors (Lipinski definition) is 7. The first-order chi connectivity index (χ1) is 37.4. The number of quaternary nitrogens is 1. The predicted molar refractivity (Wildman–Crippen MR) is 330 cm³/mol. The summed E-state index contributed by atoms with van der Waals surface area (Å²) in [7, 11) is 1.20. The van der Waals surface area contributed by atoms with Crippen molar-refractivity contribution in [2.24, 2.45) is 0 Å². The highest BCUT2D eigenvalue weighted by molar-refractivity contribution is 7.45. The summed E-state index contributed by atoms with van der Waals surface area (Å²) in [6.07, 6.45) is 68.8. The van der Waals surface area contributed by atoms with Crippen molar-refractivity contribution in [3.05, 3.63) is 24.3 Å². The average molecular weight is 1110 g/mol. The van der Waals surface area contributed by atoms with Crippen molar-refractivity contribution in [2.45, 2.75) is 354 Å². The molecule has 1 N–H and O–H groups in total. The Bertz CT molecular complexity index is 1370. The molecule has 77 heavy (non-hydrogen) atoms. The van der Waals surface area contributed by atoms with E-state index in [2.05, 4.69) is 38.2 Å². The van der Waals surface area contributed by atoms with Crippen LogP contribution in [0.15, 0.2) is 24.3 Å². The fourth-order valence-electron chi connectivity index (χ4n) is 10.2. The Morgan fingerprint density at radius 2 is 0.753 bits per heavy atom. The van der Waals surface area contributed by atoms with Gasteiger partial charge in [0.2, 0.25) is 5.91 Å². The van der Waals surface area contributed by atoms with Crippen LogP contribution in [0, 0.1) is 0 Å². The van der Waals surface area contributed by atoms with E-state index in [-0.39, 0.29) is 31.5 Å². The first kappa shape index (κ1) is 75.5. The van der Waals surface area contributed by atoms with Gasteiger partial charge in [-0.1, -0.05) is 296 Å². The molecule has 0 fully saturated rings. The van der Waals surface area contributed by atoms with E-state index < -0.39 is 20.0 Å². The van der Waals surface area contributed by atoms with Crippen LogP contribution < -0.4 is 10.2 Å². The molecule has 10 heteroatoms. The van der Waals surface area contributed by atoms with Crippen molar-refractivity contribution in [2.75, 3.05) is 40.9 Å². The number of allylic oxidation sites excluding steroid dienone is 3. The Hall–Kier alpha value is -1.51. The lowest BCUT2D eigenvalue weighted by Gasteiger charge is -2.30. The molecular formula is C67H131N2O7P. The van der Waals surface area contributed by atoms with Crippen molar-refractivity contribution >= 4 is 19.7 Å². The van der Waals surface area contributed by atoms with Gasteiger partial charge in [-0.3, -0.25) is 14.2 Å². The minimum absolute atomic E-state index is 0.0207. The molecule has 456 valence electrons. The zero-order valence-corrected chi connectivity index (χ0v) is 53.1. The summed E-state index contributed by atoms with van der Waals surface area (Å²) in [6.45, 7) is 6.88. The number of nitrogens with zero attached hydrogens (tertiary/aromatic N) is 1. The smallest absolute Gasteiger partial charge is 0.306 e. The number of carbonyl (C=O) groups excluding carboxylic acids is 2. The quantitative estimate of drug-likeness (QED) is 0.0212. The van der Waals surface area contributed by atoms with Gasteiger partial charge < -0.3 is 28.5 Å². The molecule has 0 aromatic rings. The van der Waals surface area contributed by atoms with Gasteiger partial charge in [-0.05, 0) is 57.4 Å². The van der Waals surface area contributed by atoms with Gasteiger partial charge in [0.05, 0.1) is 33.8 Å². The third-order valence-corrected chi connectivity index (χ3v) is 16.3. The maximum Gasteiger partial charge on any atom is 0.306 e. The second-order valence-electron chi connectivity index (χ2n) is 24.3. The van der Waals surface area contributed by atoms with Crippen LogP contribution in [-0.2, 0) is 27.9 Å². The standard InChI is InChI=1S/C67H131N2O7P/c1-7-10-13-16-19-22-25-28-29-30-31-32-33-34-35-36-37-38-39-42-44-47-50-53-56-59-66(70)68-64(63-75-77(72,73)74-62-61-69(4,5)6)65(58-55-52-49-46-43-40-26-23-20-17-14-11-8-2)76-67(71)60-57-54-51-48-45-41-27-24-21-18-15-12-9-3/h41,45,55,58,64-65H,7-40,42-44,46-54,56-57,59-63H2,1-6H3,(H-,68,70,72,73)/b45-41-,58-55-. The molecule has 0 radical (unpaired) electrons. The summed E-state index contributed by atoms with van der Waals surface area (Å²) in [5.74, 6) is -0.541. The molecule has 0 aromatic carbocycles. The summed E-state index contributed by atoms with van der Waals surface area (Å²) in [5.41, 5.74) is 0. The monoisotopic (exact) mass is 1110 g/mol. The van der Waals surface area contributed by atoms with Gasteiger partial charge >= 0.3 is 5.97 Å². The van der Waals surface area contributed by atoms with Crippen LogP contribution in [0.3, 0.4) is 0 Å². The maximum absolute atomic E-state index is 13.6. The Morgan fingerprint density at radius 3 is 1.12 bits per heavy atom. The van der Waals surface area contributed by atoms with Crippen LogP contribution in [-0.4, -0.2) is 69.4 Å². The summed E-state index contributed by atoms with van der Waals surface area (Å²) in [5, 5.41) is 3.04. The molecule has 0 bridgehead atoms. The zero-order chi connectivity index (χ0) is 56.4. The van der Waals surface area contributed by atoms with E-state index in [0.29, 0.717) is 23.9 Å². The van der Waals surface area contributed by atoms with Gasteiger partial charge in [0, 0.05) is 12.8 Å². The highest BCUT2D eigenvalue weighted by atomic mass is 31.2. The van der Waals surface area contributed by atoms with Gasteiger partial charge in [0.1, 0.15) is 19.3 Å². The number of esters is 1. The van der Waals surface area contributed by atoms with Gasteiger partial charge in [0.25, 0.3) is 7.82 Å². The fourth-order valence-corrected chi connectivity index (χ4v) is 10.9. The average Bonchev–Trinajstić information content (AvgIpc) is 3.39. The maximum atomic E-state index is 13.6. The number of nitrogens with one attached hydrogen (secondary N) is 1. The lowest BCUT2D eigenvalue weighted by Crippen LogP contribution is -2.47. The van der Waals surface area contributed by atoms with Crippen LogP contribution in [0.25, 0.3) is 0 Å². The largest absolute Gasteiger partial charge is 0.756 e. The van der Waals surface area contributed by atoms with Crippen LogP contribution in [0.4, 0.5) is 0 Å². The Kier molecular flexibility index (Phi) is 56.6. The first-order valence-electron chi connectivity index (χ1n) is 33.6. The van der Waals surface area contributed by atoms with Crippen LogP contribution >= 0.6 is 7.82 Å². The number of likely N-dealkylation sites (N-methyl/N-ethyl adjacent to an activating group) is 1. The van der Waals surface area contributed by atoms with E-state index in [1.54, 1.807) is 0 Å². The molecule has 0 rings (SSSR count). The summed E-state index contributed by atoms with van der Waals surface area (Å²) < 4.78 is 30.4. The molecule has 0 saturated carbocycles. The Balaban J connectivity index is 5.04. The van der Waals surface area contributed by atoms with Gasteiger partial charge in [-0.2, -0.15) is 0 Å². The van der Waals surface area contributed by atoms with E-state index in [4.69, 9.17) is 13.8 Å². The number of hydrogen-bond donors (Lipinski definition) is 1. The zero-order valence-electron chi connectivity index (χ0n) is 52.2. The van der Waals surface area contributed by atoms with E-state index >= 15 is 0 Å². The second kappa shape index (κ2) is 57.7. The van der Waals surface area contributed by atoms with E-state index in [0.717, 1.165) is 64.2 Å². The number of carbonyl (C=O) groups is 2. The molecular weight excluding hydrogens is 976 g/mol. The first-order valence-corrected chi connectivity index (χ1v) is 35.1. The summed E-state index contributed by atoms with van der Waals surface area (Å²) in [4.78, 5) is 40.0. The summed E-state index contributed by atoms with van der Waals surface area (Å²) in [6, 6.07) is -0.889. The van der Waals surface area contributed by atoms with Crippen LogP contribution in [0.1, 0.15) is 342 Å². The third kappa shape index (κ3) is 58.9. The minimum atomic E-state index is -4.70. The lowest BCUT2D eigenvalue weighted by molar-refractivity contribution is -0.870. The number of phosphoric ester groups is 1. The molecule has 0 aliphatic carbocycles.